The Morgan fingerprint density at radius 1 is 1.00 bits per heavy atom. The van der Waals surface area contributed by atoms with Crippen LogP contribution in [0.1, 0.15) is 0 Å². The highest BCUT2D eigenvalue weighted by atomic mass is 19.4. The van der Waals surface area contributed by atoms with E-state index in [1.165, 1.54) is 18.2 Å². The second-order valence-electron chi connectivity index (χ2n) is 4.00. The second-order valence-corrected chi connectivity index (χ2v) is 4.00. The van der Waals surface area contributed by atoms with Crippen molar-refractivity contribution >= 4 is 5.69 Å². The Morgan fingerprint density at radius 3 is 2.10 bits per heavy atom. The van der Waals surface area contributed by atoms with Crippen LogP contribution in [0.25, 0.3) is 11.1 Å². The van der Waals surface area contributed by atoms with Gasteiger partial charge in [0.1, 0.15) is 5.75 Å². The molecule has 2 rings (SSSR count). The van der Waals surface area contributed by atoms with Gasteiger partial charge in [-0.2, -0.15) is 4.39 Å². The zero-order chi connectivity index (χ0) is 15.6. The number of ether oxygens (including phenoxy) is 1. The van der Waals surface area contributed by atoms with Crippen LogP contribution in [-0.4, -0.2) is 11.3 Å². The third-order valence-electron chi connectivity index (χ3n) is 2.56. The molecule has 0 fully saturated rings. The predicted molar refractivity (Wildman–Crippen MR) is 65.2 cm³/mol. The maximum absolute atomic E-state index is 13.2. The average Bonchev–Trinajstić information content (AvgIpc) is 2.38. The van der Waals surface area contributed by atoms with E-state index >= 15 is 0 Å². The topological polar surface area (TPSA) is 52.4 Å². The van der Waals surface area contributed by atoms with Gasteiger partial charge in [-0.25, -0.2) is 0 Å². The van der Waals surface area contributed by atoms with Crippen LogP contribution < -0.4 is 4.74 Å². The van der Waals surface area contributed by atoms with Crippen LogP contribution >= 0.6 is 0 Å². The molecule has 0 spiro atoms. The van der Waals surface area contributed by atoms with Gasteiger partial charge in [0.15, 0.2) is 0 Å². The summed E-state index contributed by atoms with van der Waals surface area (Å²) in [7, 11) is 0. The molecule has 0 saturated carbocycles. The summed E-state index contributed by atoms with van der Waals surface area (Å²) in [5.74, 6) is -1.40. The van der Waals surface area contributed by atoms with E-state index in [0.29, 0.717) is 11.1 Å². The standard InChI is InChI=1S/C13H7F4NO3/c14-11-6-3-9(7-12(11)18(19)20)8-1-4-10(5-2-8)21-13(15,16)17/h1-7H. The molecule has 110 valence electrons. The van der Waals surface area contributed by atoms with Crippen molar-refractivity contribution in [3.05, 3.63) is 58.4 Å². The maximum Gasteiger partial charge on any atom is 0.573 e. The van der Waals surface area contributed by atoms with Gasteiger partial charge in [-0.3, -0.25) is 10.1 Å². The number of nitro benzene ring substituents is 1. The maximum atomic E-state index is 13.2. The monoisotopic (exact) mass is 301 g/mol. The van der Waals surface area contributed by atoms with Gasteiger partial charge in [0.05, 0.1) is 4.92 Å². The van der Waals surface area contributed by atoms with Gasteiger partial charge in [-0.1, -0.05) is 18.2 Å². The summed E-state index contributed by atoms with van der Waals surface area (Å²) in [5, 5.41) is 10.6. The Morgan fingerprint density at radius 2 is 1.57 bits per heavy atom. The Labute approximate surface area is 115 Å². The number of rotatable bonds is 3. The number of hydrogen-bond donors (Lipinski definition) is 0. The highest BCUT2D eigenvalue weighted by molar-refractivity contribution is 5.66. The van der Waals surface area contributed by atoms with E-state index in [9.17, 15) is 27.7 Å². The molecule has 0 aliphatic rings. The summed E-state index contributed by atoms with van der Waals surface area (Å²) in [6.07, 6.45) is -4.80. The Bertz CT molecular complexity index is 668. The van der Waals surface area contributed by atoms with Gasteiger partial charge >= 0.3 is 12.0 Å². The van der Waals surface area contributed by atoms with Crippen LogP contribution in [0.5, 0.6) is 5.75 Å². The van der Waals surface area contributed by atoms with Crippen LogP contribution in [-0.2, 0) is 0 Å². The fourth-order valence-corrected chi connectivity index (χ4v) is 1.68. The van der Waals surface area contributed by atoms with Crippen LogP contribution in [0, 0.1) is 15.9 Å². The molecule has 0 amide bonds. The molecule has 0 N–H and O–H groups in total. The van der Waals surface area contributed by atoms with Crippen LogP contribution in [0.4, 0.5) is 23.2 Å². The fraction of sp³-hybridized carbons (Fsp3) is 0.0769. The van der Waals surface area contributed by atoms with E-state index in [0.717, 1.165) is 24.3 Å². The normalized spacial score (nSPS) is 11.2. The molecule has 0 aromatic heterocycles. The van der Waals surface area contributed by atoms with Crippen molar-refractivity contribution in [3.63, 3.8) is 0 Å². The van der Waals surface area contributed by atoms with Crippen LogP contribution in [0.3, 0.4) is 0 Å². The molecular formula is C13H7F4NO3. The molecule has 21 heavy (non-hydrogen) atoms. The van der Waals surface area contributed by atoms with Gasteiger partial charge in [0.2, 0.25) is 5.82 Å². The van der Waals surface area contributed by atoms with Gasteiger partial charge in [-0.05, 0) is 29.3 Å². The summed E-state index contributed by atoms with van der Waals surface area (Å²) in [4.78, 5) is 9.76. The highest BCUT2D eigenvalue weighted by Crippen LogP contribution is 2.29. The molecule has 0 saturated heterocycles. The van der Waals surface area contributed by atoms with Gasteiger partial charge < -0.3 is 4.74 Å². The van der Waals surface area contributed by atoms with E-state index in [2.05, 4.69) is 4.74 Å². The number of alkyl halides is 3. The first-order valence-electron chi connectivity index (χ1n) is 5.56. The predicted octanol–water partition coefficient (Wildman–Crippen LogP) is 4.30. The van der Waals surface area contributed by atoms with E-state index in [1.54, 1.807) is 0 Å². The SMILES string of the molecule is O=[N+]([O-])c1cc(-c2ccc(OC(F)(F)F)cc2)ccc1F. The zero-order valence-corrected chi connectivity index (χ0v) is 10.2. The summed E-state index contributed by atoms with van der Waals surface area (Å²) >= 11 is 0. The van der Waals surface area contributed by atoms with E-state index < -0.39 is 28.5 Å². The van der Waals surface area contributed by atoms with Gasteiger partial charge in [0.25, 0.3) is 0 Å². The average molecular weight is 301 g/mol. The first kappa shape index (κ1) is 14.8. The molecule has 0 heterocycles. The largest absolute Gasteiger partial charge is 0.573 e. The quantitative estimate of drug-likeness (QED) is 0.482. The Balaban J connectivity index is 2.31. The van der Waals surface area contributed by atoms with Gasteiger partial charge in [-0.15, -0.1) is 13.2 Å². The highest BCUT2D eigenvalue weighted by Gasteiger charge is 2.31. The summed E-state index contributed by atoms with van der Waals surface area (Å²) in [6.45, 7) is 0. The van der Waals surface area contributed by atoms with Crippen molar-refractivity contribution in [1.29, 1.82) is 0 Å². The van der Waals surface area contributed by atoms with Crippen molar-refractivity contribution in [2.24, 2.45) is 0 Å². The second kappa shape index (κ2) is 5.39. The molecule has 2 aromatic rings. The first-order valence-corrected chi connectivity index (χ1v) is 5.56. The molecule has 4 nitrogen and oxygen atoms in total. The lowest BCUT2D eigenvalue weighted by Crippen LogP contribution is -2.16. The lowest BCUT2D eigenvalue weighted by molar-refractivity contribution is -0.387. The third-order valence-corrected chi connectivity index (χ3v) is 2.56. The number of halogens is 4. The molecule has 0 radical (unpaired) electrons. The summed E-state index contributed by atoms with van der Waals surface area (Å²) < 4.78 is 52.9. The van der Waals surface area contributed by atoms with Gasteiger partial charge in [0, 0.05) is 6.07 Å². The van der Waals surface area contributed by atoms with Crippen molar-refractivity contribution in [3.8, 4) is 16.9 Å². The minimum Gasteiger partial charge on any atom is -0.406 e. The van der Waals surface area contributed by atoms with Crippen molar-refractivity contribution in [2.75, 3.05) is 0 Å². The summed E-state index contributed by atoms with van der Waals surface area (Å²) in [5.41, 5.74) is -0.00241. The molecule has 8 heteroatoms. The smallest absolute Gasteiger partial charge is 0.406 e. The lowest BCUT2D eigenvalue weighted by atomic mass is 10.0. The molecular weight excluding hydrogens is 294 g/mol. The summed E-state index contributed by atoms with van der Waals surface area (Å²) in [6, 6.07) is 7.94. The molecule has 0 aliphatic heterocycles. The van der Waals surface area contributed by atoms with E-state index in [1.807, 2.05) is 0 Å². The molecule has 0 aliphatic carbocycles. The van der Waals surface area contributed by atoms with Crippen LogP contribution in [0.2, 0.25) is 0 Å². The minimum absolute atomic E-state index is 0.307. The molecule has 0 unspecified atom stereocenters. The molecule has 2 aromatic carbocycles. The van der Waals surface area contributed by atoms with Crippen molar-refractivity contribution < 1.29 is 27.2 Å². The van der Waals surface area contributed by atoms with E-state index in [-0.39, 0.29) is 0 Å². The number of hydrogen-bond acceptors (Lipinski definition) is 3. The third kappa shape index (κ3) is 3.68. The first-order chi connectivity index (χ1) is 9.76. The molecule has 0 bridgehead atoms. The zero-order valence-electron chi connectivity index (χ0n) is 10.2. The fourth-order valence-electron chi connectivity index (χ4n) is 1.68. The van der Waals surface area contributed by atoms with E-state index in [4.69, 9.17) is 0 Å². The Hall–Kier alpha value is -2.64. The molecule has 0 atom stereocenters. The number of benzene rings is 2. The Kier molecular flexibility index (Phi) is 3.79. The van der Waals surface area contributed by atoms with Crippen molar-refractivity contribution in [2.45, 2.75) is 6.36 Å². The number of nitrogens with zero attached hydrogens (tertiary/aromatic N) is 1. The number of nitro groups is 1. The minimum atomic E-state index is -4.80. The van der Waals surface area contributed by atoms with Crippen LogP contribution in [0.15, 0.2) is 42.5 Å². The lowest BCUT2D eigenvalue weighted by Gasteiger charge is -2.09. The van der Waals surface area contributed by atoms with Crippen molar-refractivity contribution in [1.82, 2.24) is 0 Å².